The SMILES string of the molecule is C1=CC[C]([Zr]([c]2ccccc2)([c]2ccccc2)[c]2ccccc2)=C1. The quantitative estimate of drug-likeness (QED) is 0.636. The molecule has 0 aliphatic heterocycles. The summed E-state index contributed by atoms with van der Waals surface area (Å²) in [5, 5.41) is 0. The minimum absolute atomic E-state index is 1.08. The van der Waals surface area contributed by atoms with Crippen LogP contribution < -0.4 is 9.81 Å². The molecule has 1 heteroatoms. The van der Waals surface area contributed by atoms with Gasteiger partial charge in [0, 0.05) is 0 Å². The van der Waals surface area contributed by atoms with Crippen molar-refractivity contribution in [2.75, 3.05) is 0 Å². The molecule has 3 aromatic rings. The van der Waals surface area contributed by atoms with Crippen LogP contribution in [0.5, 0.6) is 0 Å². The van der Waals surface area contributed by atoms with Gasteiger partial charge in [-0.05, 0) is 0 Å². The second-order valence-electron chi connectivity index (χ2n) is 6.17. The van der Waals surface area contributed by atoms with Crippen molar-refractivity contribution in [2.45, 2.75) is 6.42 Å². The molecule has 24 heavy (non-hydrogen) atoms. The summed E-state index contributed by atoms with van der Waals surface area (Å²) in [6.07, 6.45) is 7.99. The average Bonchev–Trinajstić information content (AvgIpc) is 3.20. The molecule has 0 unspecified atom stereocenters. The molecule has 0 amide bonds. The molecule has 0 heterocycles. The van der Waals surface area contributed by atoms with E-state index in [1.165, 1.54) is 9.81 Å². The molecule has 0 saturated heterocycles. The standard InChI is InChI=1S/3C6H5.C5H5.Zr/c3*1-2-4-6-5-3-1;1-2-4-5-3-1;/h3*1-5H;1-3H,4H2;. The number of hydrogen-bond acceptors (Lipinski definition) is 0. The normalized spacial score (nSPS) is 13.8. The third-order valence-electron chi connectivity index (χ3n) is 4.87. The summed E-state index contributed by atoms with van der Waals surface area (Å²) in [4.78, 5) is 0. The average molecular weight is 388 g/mol. The van der Waals surface area contributed by atoms with Crippen molar-refractivity contribution in [1.82, 2.24) is 0 Å². The zero-order valence-electron chi connectivity index (χ0n) is 13.6. The van der Waals surface area contributed by atoms with Crippen molar-refractivity contribution in [3.8, 4) is 0 Å². The Morgan fingerprint density at radius 2 is 0.958 bits per heavy atom. The van der Waals surface area contributed by atoms with Crippen molar-refractivity contribution in [3.05, 3.63) is 113 Å². The second-order valence-corrected chi connectivity index (χ2v) is 15.7. The van der Waals surface area contributed by atoms with Crippen LogP contribution in [0.1, 0.15) is 6.42 Å². The van der Waals surface area contributed by atoms with E-state index in [0.29, 0.717) is 0 Å². The summed E-state index contributed by atoms with van der Waals surface area (Å²) in [7, 11) is 0. The van der Waals surface area contributed by atoms with Gasteiger partial charge in [-0.2, -0.15) is 0 Å². The zero-order valence-corrected chi connectivity index (χ0v) is 16.1. The van der Waals surface area contributed by atoms with Crippen LogP contribution in [0.3, 0.4) is 0 Å². The van der Waals surface area contributed by atoms with Gasteiger partial charge in [-0.25, -0.2) is 0 Å². The molecule has 0 bridgehead atoms. The molecule has 0 N–H and O–H groups in total. The van der Waals surface area contributed by atoms with Crippen LogP contribution in [0.25, 0.3) is 0 Å². The monoisotopic (exact) mass is 386 g/mol. The first-order valence-electron chi connectivity index (χ1n) is 8.45. The van der Waals surface area contributed by atoms with E-state index in [-0.39, 0.29) is 0 Å². The van der Waals surface area contributed by atoms with E-state index in [2.05, 4.69) is 109 Å². The van der Waals surface area contributed by atoms with E-state index < -0.39 is 20.3 Å². The molecule has 1 aliphatic carbocycles. The van der Waals surface area contributed by atoms with Crippen molar-refractivity contribution < 1.29 is 20.3 Å². The van der Waals surface area contributed by atoms with Gasteiger partial charge >= 0.3 is 149 Å². The van der Waals surface area contributed by atoms with Crippen LogP contribution in [0.4, 0.5) is 0 Å². The predicted octanol–water partition coefficient (Wildman–Crippen LogP) is 3.96. The fourth-order valence-corrected chi connectivity index (χ4v) is 16.0. The summed E-state index contributed by atoms with van der Waals surface area (Å²) in [5.41, 5.74) is 0. The molecular weight excluding hydrogens is 367 g/mol. The van der Waals surface area contributed by atoms with Crippen LogP contribution in [0.2, 0.25) is 0 Å². The van der Waals surface area contributed by atoms with E-state index >= 15 is 0 Å². The van der Waals surface area contributed by atoms with Gasteiger partial charge in [0.2, 0.25) is 0 Å². The van der Waals surface area contributed by atoms with E-state index in [1.807, 2.05) is 0 Å². The van der Waals surface area contributed by atoms with Crippen LogP contribution in [-0.2, 0) is 20.3 Å². The molecule has 0 radical (unpaired) electrons. The molecule has 116 valence electrons. The second kappa shape index (κ2) is 6.87. The summed E-state index contributed by atoms with van der Waals surface area (Å²) >= 11 is -3.19. The van der Waals surface area contributed by atoms with E-state index in [1.54, 1.807) is 3.28 Å². The van der Waals surface area contributed by atoms with E-state index in [4.69, 9.17) is 0 Å². The molecule has 0 spiro atoms. The van der Waals surface area contributed by atoms with Crippen LogP contribution in [0, 0.1) is 0 Å². The Kier molecular flexibility index (Phi) is 4.45. The van der Waals surface area contributed by atoms with Gasteiger partial charge in [0.15, 0.2) is 0 Å². The van der Waals surface area contributed by atoms with Crippen LogP contribution >= 0.6 is 0 Å². The maximum atomic E-state index is 2.38. The molecule has 4 rings (SSSR count). The Morgan fingerprint density at radius 1 is 0.542 bits per heavy atom. The summed E-state index contributed by atoms with van der Waals surface area (Å²) in [6.45, 7) is 0. The van der Waals surface area contributed by atoms with Gasteiger partial charge in [0.05, 0.1) is 0 Å². The first kappa shape index (κ1) is 15.5. The maximum absolute atomic E-state index is 3.19. The fourth-order valence-electron chi connectivity index (χ4n) is 3.85. The third-order valence-corrected chi connectivity index (χ3v) is 17.0. The molecule has 0 fully saturated rings. The van der Waals surface area contributed by atoms with E-state index in [0.717, 1.165) is 6.42 Å². The molecule has 0 saturated carbocycles. The first-order chi connectivity index (χ1) is 11.9. The van der Waals surface area contributed by atoms with Crippen molar-refractivity contribution >= 4 is 9.81 Å². The summed E-state index contributed by atoms with van der Waals surface area (Å²) in [5.74, 6) is 0. The third kappa shape index (κ3) is 2.58. The van der Waals surface area contributed by atoms with Crippen molar-refractivity contribution in [2.24, 2.45) is 0 Å². The fraction of sp³-hybridized carbons (Fsp3) is 0.0435. The Morgan fingerprint density at radius 3 is 1.29 bits per heavy atom. The number of rotatable bonds is 4. The van der Waals surface area contributed by atoms with Gasteiger partial charge in [-0.3, -0.25) is 0 Å². The summed E-state index contributed by atoms with van der Waals surface area (Å²) < 4.78 is 6.21. The summed E-state index contributed by atoms with van der Waals surface area (Å²) in [6, 6.07) is 33.6. The Hall–Kier alpha value is -1.98. The first-order valence-corrected chi connectivity index (χ1v) is 13.4. The van der Waals surface area contributed by atoms with Gasteiger partial charge in [-0.15, -0.1) is 0 Å². The molecule has 3 aromatic carbocycles. The molecule has 1 aliphatic rings. The Labute approximate surface area is 148 Å². The topological polar surface area (TPSA) is 0 Å². The molecule has 0 atom stereocenters. The minimum atomic E-state index is -3.19. The molecule has 0 aromatic heterocycles. The van der Waals surface area contributed by atoms with Crippen molar-refractivity contribution in [1.29, 1.82) is 0 Å². The van der Waals surface area contributed by atoms with E-state index in [9.17, 15) is 0 Å². The van der Waals surface area contributed by atoms with Gasteiger partial charge in [-0.1, -0.05) is 0 Å². The van der Waals surface area contributed by atoms with Gasteiger partial charge in [0.25, 0.3) is 0 Å². The van der Waals surface area contributed by atoms with Crippen molar-refractivity contribution in [3.63, 3.8) is 0 Å². The van der Waals surface area contributed by atoms with Gasteiger partial charge in [0.1, 0.15) is 0 Å². The predicted molar refractivity (Wildman–Crippen MR) is 100 cm³/mol. The zero-order chi connectivity index (χ0) is 16.2. The Bertz CT molecular complexity index is 765. The van der Waals surface area contributed by atoms with Crippen LogP contribution in [-0.4, -0.2) is 0 Å². The number of allylic oxidation sites excluding steroid dienone is 4. The molecular formula is C23H20Zr. The number of hydrogen-bond donors (Lipinski definition) is 0. The van der Waals surface area contributed by atoms with Crippen LogP contribution in [0.15, 0.2) is 113 Å². The number of benzene rings is 3. The molecule has 0 nitrogen and oxygen atoms in total. The van der Waals surface area contributed by atoms with Gasteiger partial charge < -0.3 is 0 Å². The Balaban J connectivity index is 2.07.